The summed E-state index contributed by atoms with van der Waals surface area (Å²) >= 11 is 18.4. The minimum Gasteiger partial charge on any atom is -0.459 e. The molecule has 5 rings (SSSR count). The van der Waals surface area contributed by atoms with Crippen molar-refractivity contribution in [1.29, 1.82) is 0 Å². The van der Waals surface area contributed by atoms with Crippen molar-refractivity contribution in [3.63, 3.8) is 0 Å². The minimum atomic E-state index is -0.318. The van der Waals surface area contributed by atoms with Gasteiger partial charge in [0, 0.05) is 30.4 Å². The monoisotopic (exact) mass is 550 g/mol. The van der Waals surface area contributed by atoms with Gasteiger partial charge < -0.3 is 20.0 Å². The number of aromatic nitrogens is 1. The molecule has 2 N–H and O–H groups in total. The average Bonchev–Trinajstić information content (AvgIpc) is 3.51. The van der Waals surface area contributed by atoms with E-state index in [1.165, 1.54) is 0 Å². The van der Waals surface area contributed by atoms with Gasteiger partial charge in [0.1, 0.15) is 17.6 Å². The quantitative estimate of drug-likeness (QED) is 0.242. The first-order valence-electron chi connectivity index (χ1n) is 11.8. The van der Waals surface area contributed by atoms with Crippen LogP contribution in [0, 0.1) is 6.92 Å². The van der Waals surface area contributed by atoms with Gasteiger partial charge in [-0.15, -0.1) is 0 Å². The van der Waals surface area contributed by atoms with Gasteiger partial charge in [0.15, 0.2) is 5.11 Å². The number of halogens is 2. The summed E-state index contributed by atoms with van der Waals surface area (Å²) in [5, 5.41) is 7.73. The molecular formula is C28H24Cl2N4O2S. The van der Waals surface area contributed by atoms with Crippen LogP contribution >= 0.6 is 35.4 Å². The van der Waals surface area contributed by atoms with Gasteiger partial charge >= 0.3 is 0 Å². The molecular weight excluding hydrogens is 527 g/mol. The summed E-state index contributed by atoms with van der Waals surface area (Å²) in [4.78, 5) is 19.3. The molecule has 0 aliphatic carbocycles. The minimum absolute atomic E-state index is 0.0995. The van der Waals surface area contributed by atoms with Crippen molar-refractivity contribution in [3.05, 3.63) is 106 Å². The van der Waals surface area contributed by atoms with Crippen molar-refractivity contribution in [2.45, 2.75) is 25.4 Å². The molecule has 1 aliphatic rings. The fourth-order valence-corrected chi connectivity index (χ4v) is 5.11. The molecule has 6 nitrogen and oxygen atoms in total. The molecule has 0 radical (unpaired) electrons. The van der Waals surface area contributed by atoms with Gasteiger partial charge in [0.25, 0.3) is 0 Å². The second kappa shape index (κ2) is 10.9. The predicted molar refractivity (Wildman–Crippen MR) is 151 cm³/mol. The third-order valence-electron chi connectivity index (χ3n) is 6.25. The summed E-state index contributed by atoms with van der Waals surface area (Å²) in [5.41, 5.74) is 3.41. The van der Waals surface area contributed by atoms with Crippen LogP contribution in [0.5, 0.6) is 0 Å². The highest BCUT2D eigenvalue weighted by Crippen LogP contribution is 2.42. The summed E-state index contributed by atoms with van der Waals surface area (Å²) in [6.07, 6.45) is 1.99. The lowest BCUT2D eigenvalue weighted by Crippen LogP contribution is -2.32. The maximum absolute atomic E-state index is 12.7. The van der Waals surface area contributed by atoms with E-state index in [2.05, 4.69) is 15.6 Å². The zero-order valence-corrected chi connectivity index (χ0v) is 22.3. The fourth-order valence-electron chi connectivity index (χ4n) is 4.39. The van der Waals surface area contributed by atoms with Crippen molar-refractivity contribution >= 4 is 52.1 Å². The highest BCUT2D eigenvalue weighted by Gasteiger charge is 2.41. The van der Waals surface area contributed by atoms with E-state index in [0.717, 1.165) is 16.9 Å². The van der Waals surface area contributed by atoms with Crippen LogP contribution < -0.4 is 10.6 Å². The summed E-state index contributed by atoms with van der Waals surface area (Å²) in [6.45, 7) is 2.40. The number of hydrogen-bond donors (Lipinski definition) is 2. The second-order valence-electron chi connectivity index (χ2n) is 8.79. The Bertz CT molecular complexity index is 1430. The standard InChI is InChI=1S/C28H24Cl2N4O2S/c1-17-8-10-18(11-9-17)32-24(35)14-16-34-27(26(33-28(34)37)21-7-2-3-15-31-21)23-13-12-22(36-23)19-5-4-6-20(29)25(19)30/h2-13,15,26-27H,14,16H2,1H3,(H,32,35)(H,33,37). The lowest BCUT2D eigenvalue weighted by atomic mass is 10.0. The summed E-state index contributed by atoms with van der Waals surface area (Å²) in [6, 6.07) is 22.1. The second-order valence-corrected chi connectivity index (χ2v) is 9.96. The molecule has 0 spiro atoms. The number of furan rings is 1. The number of aryl methyl sites for hydroxylation is 1. The maximum atomic E-state index is 12.7. The summed E-state index contributed by atoms with van der Waals surface area (Å²) in [5.74, 6) is 1.17. The van der Waals surface area contributed by atoms with E-state index in [9.17, 15) is 4.79 Å². The van der Waals surface area contributed by atoms with Crippen LogP contribution in [0.4, 0.5) is 5.69 Å². The lowest BCUT2D eigenvalue weighted by molar-refractivity contribution is -0.116. The van der Waals surface area contributed by atoms with Crippen molar-refractivity contribution in [2.24, 2.45) is 0 Å². The van der Waals surface area contributed by atoms with Crippen LogP contribution in [0.2, 0.25) is 10.0 Å². The zero-order chi connectivity index (χ0) is 25.9. The van der Waals surface area contributed by atoms with Gasteiger partial charge in [-0.05, 0) is 67.7 Å². The molecule has 4 aromatic rings. The molecule has 2 atom stereocenters. The van der Waals surface area contributed by atoms with Gasteiger partial charge in [-0.25, -0.2) is 0 Å². The number of amides is 1. The van der Waals surface area contributed by atoms with Crippen LogP contribution in [-0.2, 0) is 4.79 Å². The van der Waals surface area contributed by atoms with E-state index in [1.807, 2.05) is 78.6 Å². The highest BCUT2D eigenvalue weighted by molar-refractivity contribution is 7.80. The molecule has 2 aromatic heterocycles. The Morgan fingerprint density at radius 1 is 1.08 bits per heavy atom. The van der Waals surface area contributed by atoms with Crippen LogP contribution in [0.25, 0.3) is 11.3 Å². The van der Waals surface area contributed by atoms with Crippen molar-refractivity contribution in [1.82, 2.24) is 15.2 Å². The highest BCUT2D eigenvalue weighted by atomic mass is 35.5. The van der Waals surface area contributed by atoms with E-state index in [-0.39, 0.29) is 24.4 Å². The third kappa shape index (κ3) is 5.49. The van der Waals surface area contributed by atoms with Crippen molar-refractivity contribution in [3.8, 4) is 11.3 Å². The Hall–Kier alpha value is -3.39. The SMILES string of the molecule is Cc1ccc(NC(=O)CCN2C(=S)NC(c3ccccn3)C2c2ccc(-c3cccc(Cl)c3Cl)o2)cc1. The Kier molecular flexibility index (Phi) is 7.46. The molecule has 188 valence electrons. The molecule has 2 aromatic carbocycles. The number of thiocarbonyl (C=S) groups is 1. The number of anilines is 1. The molecule has 1 saturated heterocycles. The van der Waals surface area contributed by atoms with Crippen molar-refractivity contribution < 1.29 is 9.21 Å². The fraction of sp³-hybridized carbons (Fsp3) is 0.179. The van der Waals surface area contributed by atoms with Gasteiger partial charge in [0.05, 0.1) is 21.8 Å². The smallest absolute Gasteiger partial charge is 0.226 e. The average molecular weight is 551 g/mol. The first kappa shape index (κ1) is 25.3. The molecule has 1 aliphatic heterocycles. The van der Waals surface area contributed by atoms with E-state index < -0.39 is 0 Å². The van der Waals surface area contributed by atoms with E-state index in [4.69, 9.17) is 39.8 Å². The molecule has 37 heavy (non-hydrogen) atoms. The summed E-state index contributed by atoms with van der Waals surface area (Å²) in [7, 11) is 0. The number of carbonyl (C=O) groups is 1. The number of pyridine rings is 1. The molecule has 3 heterocycles. The van der Waals surface area contributed by atoms with E-state index in [1.54, 1.807) is 12.3 Å². The Morgan fingerprint density at radius 3 is 2.65 bits per heavy atom. The number of rotatable bonds is 7. The number of nitrogens with zero attached hydrogens (tertiary/aromatic N) is 2. The number of hydrogen-bond acceptors (Lipinski definition) is 4. The topological polar surface area (TPSA) is 70.4 Å². The van der Waals surface area contributed by atoms with Crippen LogP contribution in [0.15, 0.2) is 83.4 Å². The van der Waals surface area contributed by atoms with Crippen LogP contribution in [0.1, 0.15) is 35.5 Å². The predicted octanol–water partition coefficient (Wildman–Crippen LogP) is 6.96. The van der Waals surface area contributed by atoms with Crippen LogP contribution in [0.3, 0.4) is 0 Å². The zero-order valence-electron chi connectivity index (χ0n) is 19.9. The largest absolute Gasteiger partial charge is 0.459 e. The Balaban J connectivity index is 1.41. The number of nitrogens with one attached hydrogen (secondary N) is 2. The Morgan fingerprint density at radius 2 is 1.89 bits per heavy atom. The van der Waals surface area contributed by atoms with Gasteiger partial charge in [-0.3, -0.25) is 9.78 Å². The van der Waals surface area contributed by atoms with Crippen LogP contribution in [-0.4, -0.2) is 27.4 Å². The third-order valence-corrected chi connectivity index (χ3v) is 7.42. The number of carbonyl (C=O) groups excluding carboxylic acids is 1. The van der Waals surface area contributed by atoms with Crippen molar-refractivity contribution in [2.75, 3.05) is 11.9 Å². The van der Waals surface area contributed by atoms with Gasteiger partial charge in [0.2, 0.25) is 5.91 Å². The molecule has 0 saturated carbocycles. The summed E-state index contributed by atoms with van der Waals surface area (Å²) < 4.78 is 6.32. The molecule has 9 heteroatoms. The lowest BCUT2D eigenvalue weighted by Gasteiger charge is -2.25. The molecule has 1 fully saturated rings. The molecule has 1 amide bonds. The first-order chi connectivity index (χ1) is 17.9. The Labute approximate surface area is 230 Å². The maximum Gasteiger partial charge on any atom is 0.226 e. The van der Waals surface area contributed by atoms with Gasteiger partial charge in [-0.2, -0.15) is 0 Å². The first-order valence-corrected chi connectivity index (χ1v) is 13.0. The number of benzene rings is 2. The van der Waals surface area contributed by atoms with E-state index >= 15 is 0 Å². The molecule has 0 bridgehead atoms. The molecule has 2 unspecified atom stereocenters. The normalized spacial score (nSPS) is 17.1. The van der Waals surface area contributed by atoms with Gasteiger partial charge in [-0.1, -0.05) is 53.0 Å². The van der Waals surface area contributed by atoms with E-state index in [0.29, 0.717) is 38.8 Å².